The van der Waals surface area contributed by atoms with Crippen LogP contribution in [-0.4, -0.2) is 5.97 Å². The lowest BCUT2D eigenvalue weighted by atomic mass is 10.2. The van der Waals surface area contributed by atoms with Crippen molar-refractivity contribution >= 4 is 5.97 Å². The van der Waals surface area contributed by atoms with Gasteiger partial charge < -0.3 is 4.74 Å². The molecule has 0 amide bonds. The second-order valence-corrected chi connectivity index (χ2v) is 3.32. The fraction of sp³-hybridized carbons (Fsp3) is 0.667. The van der Waals surface area contributed by atoms with E-state index >= 15 is 0 Å². The molecule has 0 atom stereocenters. The summed E-state index contributed by atoms with van der Waals surface area (Å²) in [5, 5.41) is 0. The van der Waals surface area contributed by atoms with Gasteiger partial charge >= 0.3 is 5.97 Å². The molecule has 1 saturated carbocycles. The van der Waals surface area contributed by atoms with Gasteiger partial charge in [-0.3, -0.25) is 4.79 Å². The van der Waals surface area contributed by atoms with E-state index < -0.39 is 0 Å². The monoisotopic (exact) mass is 154 g/mol. The van der Waals surface area contributed by atoms with Crippen molar-refractivity contribution in [2.24, 2.45) is 11.8 Å². The molecule has 1 fully saturated rings. The Morgan fingerprint density at radius 3 is 2.45 bits per heavy atom. The molecule has 1 rings (SSSR count). The summed E-state index contributed by atoms with van der Waals surface area (Å²) in [6, 6.07) is 0. The summed E-state index contributed by atoms with van der Waals surface area (Å²) in [4.78, 5) is 11.0. The van der Waals surface area contributed by atoms with Crippen LogP contribution in [0, 0.1) is 11.8 Å². The average molecular weight is 154 g/mol. The highest BCUT2D eigenvalue weighted by Crippen LogP contribution is 2.31. The topological polar surface area (TPSA) is 26.3 Å². The highest BCUT2D eigenvalue weighted by Gasteiger charge is 2.31. The lowest BCUT2D eigenvalue weighted by molar-refractivity contribution is -0.141. The molecule has 62 valence electrons. The summed E-state index contributed by atoms with van der Waals surface area (Å²) in [5.74, 6) is 0.897. The van der Waals surface area contributed by atoms with Crippen LogP contribution in [0.2, 0.25) is 0 Å². The third-order valence-electron chi connectivity index (χ3n) is 1.79. The van der Waals surface area contributed by atoms with Crippen LogP contribution in [-0.2, 0) is 9.53 Å². The molecule has 0 N–H and O–H groups in total. The van der Waals surface area contributed by atoms with Gasteiger partial charge in [0.05, 0.1) is 5.92 Å². The molecule has 0 unspecified atom stereocenters. The number of esters is 1. The van der Waals surface area contributed by atoms with Crippen molar-refractivity contribution < 1.29 is 9.53 Å². The van der Waals surface area contributed by atoms with Gasteiger partial charge in [-0.15, -0.1) is 0 Å². The smallest absolute Gasteiger partial charge is 0.313 e. The van der Waals surface area contributed by atoms with Crippen LogP contribution in [0.15, 0.2) is 12.3 Å². The van der Waals surface area contributed by atoms with Crippen LogP contribution >= 0.6 is 0 Å². The van der Waals surface area contributed by atoms with Gasteiger partial charge in [0.15, 0.2) is 0 Å². The van der Waals surface area contributed by atoms with Crippen LogP contribution in [0.25, 0.3) is 0 Å². The Balaban J connectivity index is 2.29. The lowest BCUT2D eigenvalue weighted by Crippen LogP contribution is -2.08. The fourth-order valence-electron chi connectivity index (χ4n) is 0.649. The maximum atomic E-state index is 11.0. The van der Waals surface area contributed by atoms with Crippen LogP contribution in [0.1, 0.15) is 26.7 Å². The second-order valence-electron chi connectivity index (χ2n) is 3.32. The number of carbonyl (C=O) groups excluding carboxylic acids is 1. The standard InChI is InChI=1S/C9H14O2/c1-6(2)7(3)11-9(10)8-4-5-8/h6,8H,3-5H2,1-2H3. The Labute approximate surface area is 67.2 Å². The number of carbonyl (C=O) groups is 1. The van der Waals surface area contributed by atoms with Gasteiger partial charge in [-0.05, 0) is 12.8 Å². The van der Waals surface area contributed by atoms with Gasteiger partial charge in [-0.25, -0.2) is 0 Å². The van der Waals surface area contributed by atoms with E-state index in [4.69, 9.17) is 4.74 Å². The van der Waals surface area contributed by atoms with Crippen molar-refractivity contribution in [3.8, 4) is 0 Å². The third-order valence-corrected chi connectivity index (χ3v) is 1.79. The molecule has 0 aromatic carbocycles. The van der Waals surface area contributed by atoms with E-state index in [1.807, 2.05) is 13.8 Å². The van der Waals surface area contributed by atoms with Crippen molar-refractivity contribution in [2.75, 3.05) is 0 Å². The first kappa shape index (κ1) is 8.31. The van der Waals surface area contributed by atoms with Crippen LogP contribution in [0.5, 0.6) is 0 Å². The van der Waals surface area contributed by atoms with E-state index in [0.29, 0.717) is 5.76 Å². The maximum absolute atomic E-state index is 11.0. The van der Waals surface area contributed by atoms with Gasteiger partial charge in [-0.1, -0.05) is 20.4 Å². The number of hydrogen-bond acceptors (Lipinski definition) is 2. The predicted octanol–water partition coefficient (Wildman–Crippen LogP) is 2.11. The Morgan fingerprint density at radius 1 is 1.55 bits per heavy atom. The molecule has 0 bridgehead atoms. The SMILES string of the molecule is C=C(OC(=O)C1CC1)C(C)C. The Hall–Kier alpha value is -0.790. The fourth-order valence-corrected chi connectivity index (χ4v) is 0.649. The second kappa shape index (κ2) is 3.07. The minimum absolute atomic E-state index is 0.0938. The van der Waals surface area contributed by atoms with Gasteiger partial charge in [0, 0.05) is 5.92 Å². The first-order valence-electron chi connectivity index (χ1n) is 4.01. The summed E-state index contributed by atoms with van der Waals surface area (Å²) in [6.45, 7) is 7.58. The van der Waals surface area contributed by atoms with Crippen molar-refractivity contribution in [3.63, 3.8) is 0 Å². The first-order chi connectivity index (χ1) is 5.11. The molecule has 1 aliphatic rings. The van der Waals surface area contributed by atoms with E-state index in [1.54, 1.807) is 0 Å². The summed E-state index contributed by atoms with van der Waals surface area (Å²) >= 11 is 0. The molecule has 0 radical (unpaired) electrons. The zero-order chi connectivity index (χ0) is 8.43. The van der Waals surface area contributed by atoms with E-state index in [9.17, 15) is 4.79 Å². The minimum atomic E-state index is -0.0938. The molecular weight excluding hydrogens is 140 g/mol. The largest absolute Gasteiger partial charge is 0.431 e. The lowest BCUT2D eigenvalue weighted by Gasteiger charge is -2.08. The summed E-state index contributed by atoms with van der Waals surface area (Å²) in [7, 11) is 0. The summed E-state index contributed by atoms with van der Waals surface area (Å²) < 4.78 is 5.00. The quantitative estimate of drug-likeness (QED) is 0.459. The van der Waals surface area contributed by atoms with Gasteiger partial charge in [0.25, 0.3) is 0 Å². The zero-order valence-corrected chi connectivity index (χ0v) is 7.09. The highest BCUT2D eigenvalue weighted by molar-refractivity contribution is 5.75. The van der Waals surface area contributed by atoms with E-state index in [2.05, 4.69) is 6.58 Å². The predicted molar refractivity (Wildman–Crippen MR) is 42.8 cm³/mol. The van der Waals surface area contributed by atoms with Crippen LogP contribution in [0.4, 0.5) is 0 Å². The highest BCUT2D eigenvalue weighted by atomic mass is 16.5. The average Bonchev–Trinajstić information content (AvgIpc) is 2.67. The van der Waals surface area contributed by atoms with Gasteiger partial charge in [0.2, 0.25) is 0 Å². The minimum Gasteiger partial charge on any atom is -0.431 e. The molecule has 1 aliphatic carbocycles. The number of ether oxygens (including phenoxy) is 1. The molecule has 2 nitrogen and oxygen atoms in total. The maximum Gasteiger partial charge on any atom is 0.313 e. The van der Waals surface area contributed by atoms with Crippen molar-refractivity contribution in [1.82, 2.24) is 0 Å². The van der Waals surface area contributed by atoms with E-state index in [0.717, 1.165) is 12.8 Å². The summed E-state index contributed by atoms with van der Waals surface area (Å²) in [6.07, 6.45) is 1.98. The molecule has 0 saturated heterocycles. The van der Waals surface area contributed by atoms with Gasteiger partial charge in [0.1, 0.15) is 5.76 Å². The molecule has 2 heteroatoms. The number of allylic oxidation sites excluding steroid dienone is 1. The first-order valence-corrected chi connectivity index (χ1v) is 4.01. The van der Waals surface area contributed by atoms with E-state index in [1.165, 1.54) is 0 Å². The molecule has 0 aromatic rings. The molecule has 0 spiro atoms. The molecule has 0 aromatic heterocycles. The van der Waals surface area contributed by atoms with Crippen molar-refractivity contribution in [1.29, 1.82) is 0 Å². The Kier molecular flexibility index (Phi) is 2.32. The normalized spacial score (nSPS) is 16.6. The zero-order valence-electron chi connectivity index (χ0n) is 7.09. The van der Waals surface area contributed by atoms with Gasteiger partial charge in [-0.2, -0.15) is 0 Å². The molecule has 11 heavy (non-hydrogen) atoms. The molecule has 0 heterocycles. The summed E-state index contributed by atoms with van der Waals surface area (Å²) in [5.41, 5.74) is 0. The van der Waals surface area contributed by atoms with Crippen molar-refractivity contribution in [2.45, 2.75) is 26.7 Å². The third kappa shape index (κ3) is 2.37. The van der Waals surface area contributed by atoms with Crippen LogP contribution < -0.4 is 0 Å². The number of hydrogen-bond donors (Lipinski definition) is 0. The van der Waals surface area contributed by atoms with E-state index in [-0.39, 0.29) is 17.8 Å². The molecular formula is C9H14O2. The van der Waals surface area contributed by atoms with Crippen molar-refractivity contribution in [3.05, 3.63) is 12.3 Å². The Morgan fingerprint density at radius 2 is 2.09 bits per heavy atom. The molecule has 0 aliphatic heterocycles. The number of rotatable bonds is 3. The Bertz CT molecular complexity index is 166. The van der Waals surface area contributed by atoms with Crippen LogP contribution in [0.3, 0.4) is 0 Å².